The number of rotatable bonds is 5. The first-order valence-electron chi connectivity index (χ1n) is 14.5. The number of fused-ring (bicyclic) bond motifs is 6. The first-order valence-corrected chi connectivity index (χ1v) is 14.5. The minimum absolute atomic E-state index is 0.190. The van der Waals surface area contributed by atoms with Crippen LogP contribution in [0.5, 0.6) is 0 Å². The lowest BCUT2D eigenvalue weighted by Gasteiger charge is -2.28. The molecule has 0 aliphatic heterocycles. The zero-order chi connectivity index (χ0) is 28.8. The van der Waals surface area contributed by atoms with Gasteiger partial charge in [-0.1, -0.05) is 123 Å². The van der Waals surface area contributed by atoms with E-state index in [9.17, 15) is 0 Å². The Bertz CT molecular complexity index is 1930. The van der Waals surface area contributed by atoms with Crippen LogP contribution < -0.4 is 11.5 Å². The fraction of sp³-hybridized carbons (Fsp3) is 0.132. The van der Waals surface area contributed by atoms with Gasteiger partial charge in [-0.05, 0) is 62.7 Å². The highest BCUT2D eigenvalue weighted by molar-refractivity contribution is 6.05. The van der Waals surface area contributed by atoms with Crippen molar-refractivity contribution in [3.05, 3.63) is 156 Å². The summed E-state index contributed by atoms with van der Waals surface area (Å²) in [5, 5.41) is 1.14. The molecule has 1 heterocycles. The lowest BCUT2D eigenvalue weighted by atomic mass is 9.75. The van der Waals surface area contributed by atoms with E-state index in [1.807, 2.05) is 66.9 Å². The van der Waals surface area contributed by atoms with Gasteiger partial charge in [0.1, 0.15) is 0 Å². The van der Waals surface area contributed by atoms with Gasteiger partial charge >= 0.3 is 0 Å². The normalized spacial score (nSPS) is 15.3. The van der Waals surface area contributed by atoms with Crippen LogP contribution in [-0.2, 0) is 5.41 Å². The summed E-state index contributed by atoms with van der Waals surface area (Å²) in [7, 11) is 0. The molecule has 1 aliphatic rings. The van der Waals surface area contributed by atoms with Gasteiger partial charge in [-0.2, -0.15) is 0 Å². The van der Waals surface area contributed by atoms with E-state index in [2.05, 4.69) is 85.1 Å². The minimum Gasteiger partial charge on any atom is -0.319 e. The molecule has 1 aromatic heterocycles. The molecule has 0 saturated heterocycles. The zero-order valence-electron chi connectivity index (χ0n) is 23.9. The highest BCUT2D eigenvalue weighted by Crippen LogP contribution is 2.49. The van der Waals surface area contributed by atoms with Crippen LogP contribution in [0.2, 0.25) is 0 Å². The van der Waals surface area contributed by atoms with Crippen LogP contribution in [0.25, 0.3) is 33.2 Å². The molecule has 6 aromatic rings. The summed E-state index contributed by atoms with van der Waals surface area (Å²) in [5.41, 5.74) is 24.9. The fourth-order valence-corrected chi connectivity index (χ4v) is 6.50. The quantitative estimate of drug-likeness (QED) is 0.214. The maximum absolute atomic E-state index is 6.90. The van der Waals surface area contributed by atoms with Crippen LogP contribution >= 0.6 is 0 Å². The molecule has 0 amide bonds. The predicted octanol–water partition coefficient (Wildman–Crippen LogP) is 8.22. The van der Waals surface area contributed by atoms with E-state index in [1.54, 1.807) is 0 Å². The Morgan fingerprint density at radius 2 is 1.24 bits per heavy atom. The third-order valence-electron chi connectivity index (χ3n) is 8.72. The van der Waals surface area contributed by atoms with E-state index in [0.29, 0.717) is 0 Å². The smallest absolute Gasteiger partial charge is 0.177 e. The van der Waals surface area contributed by atoms with Crippen LogP contribution in [-0.4, -0.2) is 10.3 Å². The molecule has 7 rings (SSSR count). The van der Waals surface area contributed by atoms with Crippen molar-refractivity contribution in [2.24, 2.45) is 16.5 Å². The second-order valence-corrected chi connectivity index (χ2v) is 11.6. The van der Waals surface area contributed by atoms with Gasteiger partial charge in [0, 0.05) is 17.0 Å². The summed E-state index contributed by atoms with van der Waals surface area (Å²) in [6, 6.07) is 44.0. The molecule has 2 atom stereocenters. The van der Waals surface area contributed by atoms with Crippen molar-refractivity contribution in [3.63, 3.8) is 0 Å². The molecule has 0 fully saturated rings. The van der Waals surface area contributed by atoms with Gasteiger partial charge in [0.2, 0.25) is 0 Å². The van der Waals surface area contributed by atoms with Crippen molar-refractivity contribution in [2.75, 3.05) is 0 Å². The highest BCUT2D eigenvalue weighted by Gasteiger charge is 2.33. The standard InChI is InChI=1S/C38H34N4/c1-38(2)32-20-12-11-19-30(32)28-17-9-10-18-29(28)31-24-34-27(23-33(31)38)21-22-42(34)37(40)41-36(26-15-7-4-8-16-26)35(39)25-13-5-3-6-14-25/h3-24,35,37H,39-40H2,1-2H3/t35-,37?/m1/s1. The molecule has 0 bridgehead atoms. The molecule has 4 N–H and O–H groups in total. The van der Waals surface area contributed by atoms with E-state index < -0.39 is 12.3 Å². The molecule has 206 valence electrons. The molecular formula is C38H34N4. The topological polar surface area (TPSA) is 69.3 Å². The van der Waals surface area contributed by atoms with E-state index in [-0.39, 0.29) is 5.41 Å². The van der Waals surface area contributed by atoms with Crippen LogP contribution in [0.3, 0.4) is 0 Å². The van der Waals surface area contributed by atoms with Crippen molar-refractivity contribution in [2.45, 2.75) is 31.6 Å². The molecule has 4 nitrogen and oxygen atoms in total. The van der Waals surface area contributed by atoms with Gasteiger partial charge in [-0.15, -0.1) is 0 Å². The summed E-state index contributed by atoms with van der Waals surface area (Å²) < 4.78 is 2.06. The molecule has 4 heteroatoms. The SMILES string of the molecule is CC1(C)c2ccccc2-c2ccccc2-c2cc3c(ccn3C(N)N=C(c3ccccc3)[C@H](N)c3ccccc3)cc21. The largest absolute Gasteiger partial charge is 0.319 e. The van der Waals surface area contributed by atoms with E-state index in [1.165, 1.54) is 33.4 Å². The Morgan fingerprint density at radius 3 is 1.95 bits per heavy atom. The number of aliphatic imine (C=N–C) groups is 1. The molecule has 1 unspecified atom stereocenters. The highest BCUT2D eigenvalue weighted by atomic mass is 15.2. The maximum Gasteiger partial charge on any atom is 0.177 e. The molecule has 1 aliphatic carbocycles. The molecular weight excluding hydrogens is 512 g/mol. The number of nitrogens with two attached hydrogens (primary N) is 2. The Hall–Kier alpha value is -4.77. The fourth-order valence-electron chi connectivity index (χ4n) is 6.50. The first kappa shape index (κ1) is 26.1. The van der Waals surface area contributed by atoms with Gasteiger partial charge in [0.25, 0.3) is 0 Å². The van der Waals surface area contributed by atoms with Crippen molar-refractivity contribution in [1.82, 2.24) is 4.57 Å². The Labute approximate surface area is 247 Å². The Kier molecular flexibility index (Phi) is 6.38. The third-order valence-corrected chi connectivity index (χ3v) is 8.72. The number of hydrogen-bond acceptors (Lipinski definition) is 3. The second kappa shape index (κ2) is 10.3. The average molecular weight is 547 g/mol. The number of nitrogens with zero attached hydrogens (tertiary/aromatic N) is 2. The number of hydrogen-bond donors (Lipinski definition) is 2. The van der Waals surface area contributed by atoms with Gasteiger partial charge < -0.3 is 10.3 Å². The van der Waals surface area contributed by atoms with E-state index >= 15 is 0 Å². The van der Waals surface area contributed by atoms with Gasteiger partial charge in [0.05, 0.1) is 17.3 Å². The zero-order valence-corrected chi connectivity index (χ0v) is 23.9. The Balaban J connectivity index is 1.40. The van der Waals surface area contributed by atoms with Crippen LogP contribution in [0.15, 0.2) is 139 Å². The van der Waals surface area contributed by atoms with Crippen LogP contribution in [0.1, 0.15) is 48.4 Å². The van der Waals surface area contributed by atoms with Gasteiger partial charge in [-0.3, -0.25) is 5.73 Å². The molecule has 0 radical (unpaired) electrons. The average Bonchev–Trinajstić information content (AvgIpc) is 3.44. The monoisotopic (exact) mass is 546 g/mol. The molecule has 5 aromatic carbocycles. The van der Waals surface area contributed by atoms with Gasteiger partial charge in [-0.25, -0.2) is 4.99 Å². The summed E-state index contributed by atoms with van der Waals surface area (Å²) in [5.74, 6) is 0. The first-order chi connectivity index (χ1) is 20.4. The van der Waals surface area contributed by atoms with Crippen molar-refractivity contribution in [3.8, 4) is 22.3 Å². The summed E-state index contributed by atoms with van der Waals surface area (Å²) in [4.78, 5) is 5.08. The molecule has 0 saturated carbocycles. The van der Waals surface area contributed by atoms with Crippen molar-refractivity contribution >= 4 is 16.6 Å². The third kappa shape index (κ3) is 4.28. The van der Waals surface area contributed by atoms with E-state index in [0.717, 1.165) is 27.7 Å². The van der Waals surface area contributed by atoms with Gasteiger partial charge in [0.15, 0.2) is 6.29 Å². The lowest BCUT2D eigenvalue weighted by molar-refractivity contribution is 0.563. The minimum atomic E-state index is -0.656. The number of aromatic nitrogens is 1. The van der Waals surface area contributed by atoms with E-state index in [4.69, 9.17) is 16.5 Å². The lowest BCUT2D eigenvalue weighted by Crippen LogP contribution is -2.26. The maximum atomic E-state index is 6.90. The second-order valence-electron chi connectivity index (χ2n) is 11.6. The summed E-state index contributed by atoms with van der Waals surface area (Å²) in [6.45, 7) is 4.65. The van der Waals surface area contributed by atoms with Crippen LogP contribution in [0.4, 0.5) is 0 Å². The van der Waals surface area contributed by atoms with Crippen molar-refractivity contribution in [1.29, 1.82) is 0 Å². The van der Waals surface area contributed by atoms with Crippen molar-refractivity contribution < 1.29 is 0 Å². The Morgan fingerprint density at radius 1 is 0.643 bits per heavy atom. The summed E-state index contributed by atoms with van der Waals surface area (Å²) >= 11 is 0. The summed E-state index contributed by atoms with van der Waals surface area (Å²) in [6.07, 6.45) is 1.39. The van der Waals surface area contributed by atoms with Crippen LogP contribution in [0, 0.1) is 0 Å². The number of benzene rings is 5. The predicted molar refractivity (Wildman–Crippen MR) is 175 cm³/mol. The molecule has 42 heavy (non-hydrogen) atoms. The molecule has 0 spiro atoms.